The molecule has 0 aromatic heterocycles. The Bertz CT molecular complexity index is 425. The molecule has 0 unspecified atom stereocenters. The third-order valence-corrected chi connectivity index (χ3v) is 4.21. The van der Waals surface area contributed by atoms with Crippen LogP contribution in [0.1, 0.15) is 12.8 Å². The van der Waals surface area contributed by atoms with E-state index < -0.39 is 42.9 Å². The van der Waals surface area contributed by atoms with E-state index >= 15 is 0 Å². The van der Waals surface area contributed by atoms with E-state index in [-0.39, 0.29) is 12.2 Å². The summed E-state index contributed by atoms with van der Waals surface area (Å²) in [5.74, 6) is 0. The van der Waals surface area contributed by atoms with E-state index in [2.05, 4.69) is 6.07 Å². The van der Waals surface area contributed by atoms with E-state index in [4.69, 9.17) is 19.3 Å². The second kappa shape index (κ2) is 4.89. The van der Waals surface area contributed by atoms with Gasteiger partial charge in [0.25, 0.3) is 0 Å². The van der Waals surface area contributed by atoms with Crippen LogP contribution in [0.2, 0.25) is 0 Å². The summed E-state index contributed by atoms with van der Waals surface area (Å²) in [4.78, 5) is 0. The molecule has 2 saturated heterocycles. The van der Waals surface area contributed by atoms with Crippen molar-refractivity contribution in [3.05, 3.63) is 0 Å². The number of nitrogens with zero attached hydrogens (tertiary/aromatic N) is 1. The Balaban J connectivity index is 1.74. The van der Waals surface area contributed by atoms with Gasteiger partial charge in [0, 0.05) is 0 Å². The number of hydrogen-bond donors (Lipinski definition) is 4. The van der Waals surface area contributed by atoms with Gasteiger partial charge in [-0.1, -0.05) is 0 Å². The number of aliphatic hydroxyl groups is 4. The Labute approximate surface area is 115 Å². The minimum absolute atomic E-state index is 0.000430. The summed E-state index contributed by atoms with van der Waals surface area (Å²) < 4.78 is 16.1. The molecule has 112 valence electrons. The van der Waals surface area contributed by atoms with Crippen LogP contribution in [-0.4, -0.2) is 75.5 Å². The molecule has 3 rings (SSSR count). The van der Waals surface area contributed by atoms with Crippen molar-refractivity contribution in [3.8, 4) is 6.07 Å². The number of nitriles is 1. The molecule has 0 radical (unpaired) electrons. The van der Waals surface area contributed by atoms with Crippen molar-refractivity contribution >= 4 is 0 Å². The lowest BCUT2D eigenvalue weighted by atomic mass is 9.98. The van der Waals surface area contributed by atoms with Gasteiger partial charge in [-0.2, -0.15) is 5.26 Å². The highest BCUT2D eigenvalue weighted by Crippen LogP contribution is 2.48. The minimum atomic E-state index is -1.51. The van der Waals surface area contributed by atoms with Gasteiger partial charge in [-0.15, -0.1) is 0 Å². The lowest BCUT2D eigenvalue weighted by Crippen LogP contribution is -2.61. The van der Waals surface area contributed by atoms with Crippen LogP contribution in [0.15, 0.2) is 0 Å². The molecule has 0 aromatic carbocycles. The highest BCUT2D eigenvalue weighted by molar-refractivity contribution is 5.20. The van der Waals surface area contributed by atoms with Gasteiger partial charge in [-0.25, -0.2) is 0 Å². The largest absolute Gasteiger partial charge is 0.394 e. The van der Waals surface area contributed by atoms with E-state index in [0.29, 0.717) is 12.8 Å². The molecule has 2 heterocycles. The number of ether oxygens (including phenoxy) is 3. The minimum Gasteiger partial charge on any atom is -0.394 e. The average molecular weight is 287 g/mol. The first kappa shape index (κ1) is 14.2. The zero-order chi connectivity index (χ0) is 14.5. The molecule has 20 heavy (non-hydrogen) atoms. The molecule has 2 aliphatic heterocycles. The first-order chi connectivity index (χ1) is 9.52. The smallest absolute Gasteiger partial charge is 0.188 e. The van der Waals surface area contributed by atoms with Gasteiger partial charge in [0.2, 0.25) is 0 Å². The molecule has 1 aliphatic carbocycles. The first-order valence-electron chi connectivity index (χ1n) is 6.57. The number of rotatable bonds is 3. The van der Waals surface area contributed by atoms with Crippen molar-refractivity contribution in [2.45, 2.75) is 61.4 Å². The molecular weight excluding hydrogens is 270 g/mol. The molecule has 0 amide bonds. The van der Waals surface area contributed by atoms with Crippen LogP contribution in [0.3, 0.4) is 0 Å². The predicted molar refractivity (Wildman–Crippen MR) is 61.1 cm³/mol. The molecule has 8 heteroatoms. The molecule has 3 aliphatic rings. The lowest BCUT2D eigenvalue weighted by Gasteiger charge is -2.41. The molecule has 1 saturated carbocycles. The van der Waals surface area contributed by atoms with Crippen LogP contribution < -0.4 is 0 Å². The van der Waals surface area contributed by atoms with Gasteiger partial charge in [0.1, 0.15) is 36.6 Å². The van der Waals surface area contributed by atoms with Crippen molar-refractivity contribution in [1.29, 1.82) is 5.26 Å². The van der Waals surface area contributed by atoms with Crippen molar-refractivity contribution < 1.29 is 34.6 Å². The summed E-state index contributed by atoms with van der Waals surface area (Å²) in [5, 5.41) is 47.7. The summed E-state index contributed by atoms with van der Waals surface area (Å²) in [6, 6.07) is 2.05. The van der Waals surface area contributed by atoms with Crippen LogP contribution in [0.25, 0.3) is 0 Å². The fourth-order valence-corrected chi connectivity index (χ4v) is 2.92. The van der Waals surface area contributed by atoms with Crippen molar-refractivity contribution in [1.82, 2.24) is 0 Å². The summed E-state index contributed by atoms with van der Waals surface area (Å²) in [5.41, 5.74) is -1.21. The number of aliphatic hydroxyl groups excluding tert-OH is 4. The van der Waals surface area contributed by atoms with Crippen molar-refractivity contribution in [2.24, 2.45) is 0 Å². The van der Waals surface area contributed by atoms with E-state index in [9.17, 15) is 20.6 Å². The zero-order valence-corrected chi connectivity index (χ0v) is 10.6. The molecule has 8 nitrogen and oxygen atoms in total. The van der Waals surface area contributed by atoms with Crippen molar-refractivity contribution in [3.63, 3.8) is 0 Å². The van der Waals surface area contributed by atoms with Gasteiger partial charge in [0.05, 0.1) is 12.7 Å². The Morgan fingerprint density at radius 2 is 1.95 bits per heavy atom. The predicted octanol–water partition coefficient (Wildman–Crippen LogP) is -2.37. The van der Waals surface area contributed by atoms with Crippen LogP contribution in [-0.2, 0) is 14.2 Å². The Morgan fingerprint density at radius 3 is 2.45 bits per heavy atom. The van der Waals surface area contributed by atoms with Crippen molar-refractivity contribution in [2.75, 3.05) is 6.61 Å². The van der Waals surface area contributed by atoms with Gasteiger partial charge in [-0.05, 0) is 12.8 Å². The first-order valence-corrected chi connectivity index (χ1v) is 6.57. The van der Waals surface area contributed by atoms with E-state index in [1.807, 2.05) is 0 Å². The maximum absolute atomic E-state index is 9.90. The van der Waals surface area contributed by atoms with Gasteiger partial charge >= 0.3 is 0 Å². The fraction of sp³-hybridized carbons (Fsp3) is 0.917. The van der Waals surface area contributed by atoms with E-state index in [1.165, 1.54) is 0 Å². The highest BCUT2D eigenvalue weighted by atomic mass is 16.7. The van der Waals surface area contributed by atoms with Gasteiger partial charge in [-0.3, -0.25) is 0 Å². The quantitative estimate of drug-likeness (QED) is 0.423. The molecular formula is C12H17NO7. The SMILES string of the molecule is N#C[C@]1(O[C@@H]2O[C@H](CO)[C@@H](O)[C@H](O)[C@H]2O)CC[C@H]2O[C@H]21. The maximum atomic E-state index is 9.90. The normalized spacial score (nSPS) is 54.2. The third kappa shape index (κ3) is 2.03. The average Bonchev–Trinajstić information content (AvgIpc) is 3.17. The number of epoxide rings is 1. The topological polar surface area (TPSA) is 136 Å². The second-order valence-corrected chi connectivity index (χ2v) is 5.45. The maximum Gasteiger partial charge on any atom is 0.188 e. The molecule has 0 aromatic rings. The summed E-state index contributed by atoms with van der Waals surface area (Å²) in [6.45, 7) is -0.535. The highest BCUT2D eigenvalue weighted by Gasteiger charge is 2.63. The van der Waals surface area contributed by atoms with Crippen LogP contribution >= 0.6 is 0 Å². The Hall–Kier alpha value is -0.790. The zero-order valence-electron chi connectivity index (χ0n) is 10.6. The summed E-state index contributed by atoms with van der Waals surface area (Å²) in [7, 11) is 0. The number of fused-ring (bicyclic) bond motifs is 1. The molecule has 8 atom stereocenters. The van der Waals surface area contributed by atoms with E-state index in [1.54, 1.807) is 0 Å². The fourth-order valence-electron chi connectivity index (χ4n) is 2.92. The molecule has 4 N–H and O–H groups in total. The Morgan fingerprint density at radius 1 is 1.20 bits per heavy atom. The standard InChI is InChI=1S/C12H17NO7/c13-4-12(2-1-5-10(12)18-5)20-11-9(17)8(16)7(15)6(3-14)19-11/h5-11,14-17H,1-3H2/t5-,6-,7-,8+,9-,10-,11+,12-/m1/s1. The van der Waals surface area contributed by atoms with Crippen LogP contribution in [0, 0.1) is 11.3 Å². The second-order valence-electron chi connectivity index (χ2n) is 5.45. The van der Waals surface area contributed by atoms with Crippen LogP contribution in [0.5, 0.6) is 0 Å². The molecule has 0 bridgehead atoms. The molecule has 0 spiro atoms. The molecule has 3 fully saturated rings. The lowest BCUT2D eigenvalue weighted by molar-refractivity contribution is -0.321. The summed E-state index contributed by atoms with van der Waals surface area (Å²) >= 11 is 0. The number of hydrogen-bond acceptors (Lipinski definition) is 8. The van der Waals surface area contributed by atoms with Crippen LogP contribution in [0.4, 0.5) is 0 Å². The Kier molecular flexibility index (Phi) is 3.46. The monoisotopic (exact) mass is 287 g/mol. The third-order valence-electron chi connectivity index (χ3n) is 4.21. The van der Waals surface area contributed by atoms with E-state index in [0.717, 1.165) is 0 Å². The van der Waals surface area contributed by atoms with Gasteiger partial charge < -0.3 is 34.6 Å². The van der Waals surface area contributed by atoms with Gasteiger partial charge in [0.15, 0.2) is 11.9 Å². The summed E-state index contributed by atoms with van der Waals surface area (Å²) in [6.07, 6.45) is -6.01.